The number of anilines is 1. The Morgan fingerprint density at radius 1 is 1.10 bits per heavy atom. The number of hydrogen-bond donors (Lipinski definition) is 0. The summed E-state index contributed by atoms with van der Waals surface area (Å²) < 4.78 is 7.44. The second-order valence-corrected chi connectivity index (χ2v) is 8.65. The summed E-state index contributed by atoms with van der Waals surface area (Å²) in [6, 6.07) is 10.6. The number of benzene rings is 1. The molecule has 2 aromatic heterocycles. The van der Waals surface area contributed by atoms with Gasteiger partial charge in [-0.15, -0.1) is 0 Å². The molecule has 3 heterocycles. The number of rotatable bonds is 4. The minimum absolute atomic E-state index is 0.0340. The van der Waals surface area contributed by atoms with Crippen LogP contribution in [0.2, 0.25) is 0 Å². The first kappa shape index (κ1) is 19.8. The summed E-state index contributed by atoms with van der Waals surface area (Å²) in [4.78, 5) is 26.7. The van der Waals surface area contributed by atoms with Crippen LogP contribution in [0.3, 0.4) is 0 Å². The molecule has 1 amide bonds. The van der Waals surface area contributed by atoms with E-state index in [0.29, 0.717) is 18.2 Å². The van der Waals surface area contributed by atoms with Crippen molar-refractivity contribution in [3.8, 4) is 5.75 Å². The minimum Gasteiger partial charge on any atom is -0.497 e. The zero-order valence-corrected chi connectivity index (χ0v) is 18.2. The molecule has 1 aliphatic carbocycles. The minimum atomic E-state index is 0.0340. The monoisotopic (exact) mass is 419 g/mol. The van der Waals surface area contributed by atoms with E-state index in [9.17, 15) is 4.79 Å². The van der Waals surface area contributed by atoms with E-state index in [1.54, 1.807) is 13.3 Å². The van der Waals surface area contributed by atoms with E-state index in [-0.39, 0.29) is 11.9 Å². The Morgan fingerprint density at radius 2 is 1.87 bits per heavy atom. The molecule has 1 atom stereocenters. The average Bonchev–Trinajstić information content (AvgIpc) is 3.48. The van der Waals surface area contributed by atoms with Crippen LogP contribution in [0.4, 0.5) is 5.69 Å². The summed E-state index contributed by atoms with van der Waals surface area (Å²) in [5.74, 6) is 0.885. The summed E-state index contributed by atoms with van der Waals surface area (Å²) >= 11 is 0. The van der Waals surface area contributed by atoms with Gasteiger partial charge in [0.1, 0.15) is 11.3 Å². The van der Waals surface area contributed by atoms with Gasteiger partial charge in [0.05, 0.1) is 19.0 Å². The van der Waals surface area contributed by atoms with E-state index < -0.39 is 0 Å². The number of nitrogens with zero attached hydrogens (tertiary/aromatic N) is 5. The fourth-order valence-corrected chi connectivity index (χ4v) is 4.94. The van der Waals surface area contributed by atoms with Crippen LogP contribution in [-0.4, -0.2) is 58.1 Å². The molecule has 2 aliphatic rings. The first-order valence-electron chi connectivity index (χ1n) is 11.2. The maximum atomic E-state index is 13.3. The SMILES string of the molecule is COc1ccc(N2CCN(C(=O)c3cnc4c(c3)ncn4C3CCCC3)C(C)C2)cc1. The Hall–Kier alpha value is -3.09. The lowest BCUT2D eigenvalue weighted by Crippen LogP contribution is -2.54. The van der Waals surface area contributed by atoms with Crippen molar-refractivity contribution in [1.29, 1.82) is 0 Å². The molecule has 1 aliphatic heterocycles. The van der Waals surface area contributed by atoms with E-state index in [1.807, 2.05) is 29.4 Å². The molecule has 0 spiro atoms. The molecule has 1 unspecified atom stereocenters. The van der Waals surface area contributed by atoms with Gasteiger partial charge in [-0.05, 0) is 50.1 Å². The van der Waals surface area contributed by atoms with E-state index in [1.165, 1.54) is 25.7 Å². The Labute approximate surface area is 182 Å². The summed E-state index contributed by atoms with van der Waals surface area (Å²) in [5, 5.41) is 0. The van der Waals surface area contributed by atoms with E-state index in [4.69, 9.17) is 4.74 Å². The third-order valence-electron chi connectivity index (χ3n) is 6.70. The molecule has 0 radical (unpaired) electrons. The van der Waals surface area contributed by atoms with Crippen LogP contribution in [0, 0.1) is 0 Å². The van der Waals surface area contributed by atoms with Crippen molar-refractivity contribution < 1.29 is 9.53 Å². The van der Waals surface area contributed by atoms with Crippen LogP contribution in [0.15, 0.2) is 42.9 Å². The standard InChI is InChI=1S/C24H29N5O2/c1-17-15-27(19-7-9-21(31-2)10-8-19)11-12-28(17)24(30)18-13-22-23(25-14-18)29(16-26-22)20-5-3-4-6-20/h7-10,13-14,16-17,20H,3-6,11-12,15H2,1-2H3. The highest BCUT2D eigenvalue weighted by molar-refractivity contribution is 5.96. The van der Waals surface area contributed by atoms with Crippen molar-refractivity contribution in [1.82, 2.24) is 19.4 Å². The molecule has 1 saturated heterocycles. The van der Waals surface area contributed by atoms with Crippen molar-refractivity contribution in [3.05, 3.63) is 48.4 Å². The van der Waals surface area contributed by atoms with Crippen molar-refractivity contribution in [3.63, 3.8) is 0 Å². The molecule has 0 bridgehead atoms. The van der Waals surface area contributed by atoms with Crippen molar-refractivity contribution in [2.45, 2.75) is 44.7 Å². The number of ether oxygens (including phenoxy) is 1. The van der Waals surface area contributed by atoms with Crippen LogP contribution in [0.5, 0.6) is 5.75 Å². The van der Waals surface area contributed by atoms with Gasteiger partial charge < -0.3 is 19.1 Å². The van der Waals surface area contributed by atoms with Crippen LogP contribution in [0.25, 0.3) is 11.2 Å². The quantitative estimate of drug-likeness (QED) is 0.642. The van der Waals surface area contributed by atoms with Crippen molar-refractivity contribution in [2.24, 2.45) is 0 Å². The molecule has 5 rings (SSSR count). The van der Waals surface area contributed by atoms with Crippen molar-refractivity contribution in [2.75, 3.05) is 31.6 Å². The molecule has 1 aromatic carbocycles. The fourth-order valence-electron chi connectivity index (χ4n) is 4.94. The van der Waals surface area contributed by atoms with Gasteiger partial charge in [-0.1, -0.05) is 12.8 Å². The number of pyridine rings is 1. The third kappa shape index (κ3) is 3.73. The van der Waals surface area contributed by atoms with Crippen LogP contribution in [0.1, 0.15) is 49.0 Å². The smallest absolute Gasteiger partial charge is 0.255 e. The number of hydrogen-bond acceptors (Lipinski definition) is 5. The lowest BCUT2D eigenvalue weighted by Gasteiger charge is -2.41. The van der Waals surface area contributed by atoms with Crippen LogP contribution < -0.4 is 9.64 Å². The fraction of sp³-hybridized carbons (Fsp3) is 0.458. The number of amides is 1. The summed E-state index contributed by atoms with van der Waals surface area (Å²) in [7, 11) is 1.67. The van der Waals surface area contributed by atoms with Crippen LogP contribution >= 0.6 is 0 Å². The zero-order valence-electron chi connectivity index (χ0n) is 18.2. The predicted molar refractivity (Wildman–Crippen MR) is 121 cm³/mol. The molecule has 1 saturated carbocycles. The van der Waals surface area contributed by atoms with Crippen molar-refractivity contribution >= 4 is 22.8 Å². The van der Waals surface area contributed by atoms with Gasteiger partial charge in [0.25, 0.3) is 5.91 Å². The van der Waals surface area contributed by atoms with Gasteiger partial charge in [-0.2, -0.15) is 0 Å². The number of fused-ring (bicyclic) bond motifs is 1. The van der Waals surface area contributed by atoms with Crippen LogP contribution in [-0.2, 0) is 0 Å². The highest BCUT2D eigenvalue weighted by atomic mass is 16.5. The number of methoxy groups -OCH3 is 1. The Bertz CT molecular complexity index is 1070. The first-order chi connectivity index (χ1) is 15.1. The first-order valence-corrected chi connectivity index (χ1v) is 11.2. The number of carbonyl (C=O) groups excluding carboxylic acids is 1. The lowest BCUT2D eigenvalue weighted by molar-refractivity contribution is 0.0674. The Kier molecular flexibility index (Phi) is 5.26. The maximum absolute atomic E-state index is 13.3. The molecule has 0 N–H and O–H groups in total. The molecule has 7 nitrogen and oxygen atoms in total. The summed E-state index contributed by atoms with van der Waals surface area (Å²) in [5.41, 5.74) is 3.47. The number of carbonyl (C=O) groups is 1. The lowest BCUT2D eigenvalue weighted by atomic mass is 10.1. The van der Waals surface area contributed by atoms with E-state index in [0.717, 1.165) is 35.7 Å². The zero-order chi connectivity index (χ0) is 21.4. The molecular weight excluding hydrogens is 390 g/mol. The molecular formula is C24H29N5O2. The Balaban J connectivity index is 1.30. The largest absolute Gasteiger partial charge is 0.497 e. The van der Waals surface area contributed by atoms with Gasteiger partial charge in [-0.25, -0.2) is 9.97 Å². The van der Waals surface area contributed by atoms with E-state index in [2.05, 4.69) is 38.5 Å². The summed E-state index contributed by atoms with van der Waals surface area (Å²) in [6.07, 6.45) is 8.51. The topological polar surface area (TPSA) is 63.5 Å². The molecule has 3 aromatic rings. The average molecular weight is 420 g/mol. The highest BCUT2D eigenvalue weighted by Crippen LogP contribution is 2.31. The number of aromatic nitrogens is 3. The molecule has 31 heavy (non-hydrogen) atoms. The third-order valence-corrected chi connectivity index (χ3v) is 6.70. The predicted octanol–water partition coefficient (Wildman–Crippen LogP) is 3.91. The van der Waals surface area contributed by atoms with Gasteiger partial charge in [0, 0.05) is 43.6 Å². The maximum Gasteiger partial charge on any atom is 0.255 e. The number of piperazine rings is 1. The van der Waals surface area contributed by atoms with Gasteiger partial charge >= 0.3 is 0 Å². The highest BCUT2D eigenvalue weighted by Gasteiger charge is 2.29. The van der Waals surface area contributed by atoms with E-state index >= 15 is 0 Å². The second kappa shape index (κ2) is 8.21. The molecule has 2 fully saturated rings. The Morgan fingerprint density at radius 3 is 2.58 bits per heavy atom. The normalized spacial score (nSPS) is 19.9. The molecule has 162 valence electrons. The number of imidazole rings is 1. The van der Waals surface area contributed by atoms with Gasteiger partial charge in [0.2, 0.25) is 0 Å². The van der Waals surface area contributed by atoms with Gasteiger partial charge in [-0.3, -0.25) is 4.79 Å². The summed E-state index contributed by atoms with van der Waals surface area (Å²) in [6.45, 7) is 4.38. The van der Waals surface area contributed by atoms with Gasteiger partial charge in [0.15, 0.2) is 5.65 Å². The molecule has 7 heteroatoms. The second-order valence-electron chi connectivity index (χ2n) is 8.65.